The minimum absolute atomic E-state index is 0.638. The van der Waals surface area contributed by atoms with Crippen molar-refractivity contribution in [2.24, 2.45) is 5.73 Å². The maximum atomic E-state index is 5.63. The fourth-order valence-corrected chi connectivity index (χ4v) is 2.69. The minimum Gasteiger partial charge on any atom is -0.326 e. The second kappa shape index (κ2) is 5.28. The Labute approximate surface area is 101 Å². The van der Waals surface area contributed by atoms with Gasteiger partial charge in [-0.25, -0.2) is 0 Å². The van der Waals surface area contributed by atoms with E-state index in [2.05, 4.69) is 43.3 Å². The molecule has 0 aliphatic carbocycles. The van der Waals surface area contributed by atoms with Crippen molar-refractivity contribution < 1.29 is 0 Å². The Hall–Kier alpha value is -1.12. The van der Waals surface area contributed by atoms with Gasteiger partial charge in [0.15, 0.2) is 0 Å². The molecule has 16 heavy (non-hydrogen) atoms. The van der Waals surface area contributed by atoms with Crippen molar-refractivity contribution in [2.45, 2.75) is 26.3 Å². The van der Waals surface area contributed by atoms with Gasteiger partial charge in [-0.3, -0.25) is 0 Å². The van der Waals surface area contributed by atoms with Gasteiger partial charge in [-0.2, -0.15) is 0 Å². The van der Waals surface area contributed by atoms with Crippen molar-refractivity contribution in [1.29, 1.82) is 0 Å². The van der Waals surface area contributed by atoms with E-state index in [1.165, 1.54) is 27.3 Å². The molecule has 0 saturated carbocycles. The molecule has 2 rings (SSSR count). The average Bonchev–Trinajstić information content (AvgIpc) is 2.78. The third kappa shape index (κ3) is 2.52. The molecular weight excluding hydrogens is 214 g/mol. The summed E-state index contributed by atoms with van der Waals surface area (Å²) >= 11 is 1.79. The van der Waals surface area contributed by atoms with Gasteiger partial charge in [0.25, 0.3) is 0 Å². The third-order valence-corrected chi connectivity index (χ3v) is 3.77. The van der Waals surface area contributed by atoms with Gasteiger partial charge in [-0.1, -0.05) is 37.6 Å². The molecule has 1 aromatic heterocycles. The molecule has 0 spiro atoms. The fourth-order valence-electron chi connectivity index (χ4n) is 1.81. The lowest BCUT2D eigenvalue weighted by molar-refractivity contribution is 0.922. The largest absolute Gasteiger partial charge is 0.326 e. The molecule has 1 heterocycles. The quantitative estimate of drug-likeness (QED) is 0.850. The Kier molecular flexibility index (Phi) is 3.75. The predicted octanol–water partition coefficient (Wildman–Crippen LogP) is 3.83. The summed E-state index contributed by atoms with van der Waals surface area (Å²) in [6.45, 7) is 2.85. The highest BCUT2D eigenvalue weighted by Crippen LogP contribution is 2.28. The van der Waals surface area contributed by atoms with E-state index < -0.39 is 0 Å². The number of nitrogens with two attached hydrogens (primary N) is 1. The monoisotopic (exact) mass is 231 g/mol. The smallest absolute Gasteiger partial charge is 0.0346 e. The van der Waals surface area contributed by atoms with Crippen LogP contribution in [-0.2, 0) is 13.0 Å². The number of hydrogen-bond acceptors (Lipinski definition) is 2. The highest BCUT2D eigenvalue weighted by atomic mass is 32.1. The van der Waals surface area contributed by atoms with Crippen LogP contribution in [0.2, 0.25) is 0 Å². The first kappa shape index (κ1) is 11.4. The molecule has 1 aromatic carbocycles. The van der Waals surface area contributed by atoms with Crippen LogP contribution in [0.15, 0.2) is 36.4 Å². The van der Waals surface area contributed by atoms with E-state index in [1.807, 2.05) is 0 Å². The van der Waals surface area contributed by atoms with E-state index >= 15 is 0 Å². The highest BCUT2D eigenvalue weighted by Gasteiger charge is 2.02. The predicted molar refractivity (Wildman–Crippen MR) is 71.6 cm³/mol. The number of benzene rings is 1. The van der Waals surface area contributed by atoms with Crippen LogP contribution < -0.4 is 5.73 Å². The van der Waals surface area contributed by atoms with E-state index in [0.29, 0.717) is 6.54 Å². The first-order valence-corrected chi connectivity index (χ1v) is 6.53. The lowest BCUT2D eigenvalue weighted by Gasteiger charge is -2.02. The second-order valence-electron chi connectivity index (χ2n) is 3.92. The number of aryl methyl sites for hydroxylation is 1. The minimum atomic E-state index is 0.638. The van der Waals surface area contributed by atoms with Crippen LogP contribution >= 0.6 is 11.3 Å². The normalized spacial score (nSPS) is 10.6. The molecule has 2 aromatic rings. The summed E-state index contributed by atoms with van der Waals surface area (Å²) in [5, 5.41) is 0. The first-order valence-electron chi connectivity index (χ1n) is 5.71. The Bertz CT molecular complexity index is 459. The molecule has 0 aliphatic rings. The Morgan fingerprint density at radius 3 is 2.75 bits per heavy atom. The zero-order valence-electron chi connectivity index (χ0n) is 9.57. The number of hydrogen-bond donors (Lipinski definition) is 1. The van der Waals surface area contributed by atoms with Crippen LogP contribution in [0.4, 0.5) is 0 Å². The van der Waals surface area contributed by atoms with Crippen molar-refractivity contribution in [3.63, 3.8) is 0 Å². The number of rotatable bonds is 4. The van der Waals surface area contributed by atoms with Crippen molar-refractivity contribution in [2.75, 3.05) is 0 Å². The van der Waals surface area contributed by atoms with Crippen molar-refractivity contribution in [3.05, 3.63) is 46.8 Å². The number of thiophene rings is 1. The van der Waals surface area contributed by atoms with Gasteiger partial charge >= 0.3 is 0 Å². The standard InChI is InChI=1S/C14H17NS/c1-2-4-11-5-3-6-12(9-11)14-8-7-13(10-15)16-14/h3,5-9H,2,4,10,15H2,1H3. The summed E-state index contributed by atoms with van der Waals surface area (Å²) in [5.41, 5.74) is 8.36. The average molecular weight is 231 g/mol. The molecule has 2 heteroatoms. The molecule has 0 bridgehead atoms. The van der Waals surface area contributed by atoms with Crippen LogP contribution in [-0.4, -0.2) is 0 Å². The molecule has 1 nitrogen and oxygen atoms in total. The molecule has 0 aliphatic heterocycles. The van der Waals surface area contributed by atoms with Gasteiger partial charge in [-0.15, -0.1) is 11.3 Å². The van der Waals surface area contributed by atoms with E-state index in [9.17, 15) is 0 Å². The van der Waals surface area contributed by atoms with Crippen molar-refractivity contribution >= 4 is 11.3 Å². The van der Waals surface area contributed by atoms with Crippen molar-refractivity contribution in [1.82, 2.24) is 0 Å². The van der Waals surface area contributed by atoms with Crippen LogP contribution in [0.5, 0.6) is 0 Å². The molecule has 0 radical (unpaired) electrons. The van der Waals surface area contributed by atoms with Gasteiger partial charge in [-0.05, 0) is 29.7 Å². The Morgan fingerprint density at radius 2 is 2.06 bits per heavy atom. The van der Waals surface area contributed by atoms with E-state index in [-0.39, 0.29) is 0 Å². The second-order valence-corrected chi connectivity index (χ2v) is 5.09. The van der Waals surface area contributed by atoms with Crippen LogP contribution in [0.3, 0.4) is 0 Å². The summed E-state index contributed by atoms with van der Waals surface area (Å²) in [4.78, 5) is 2.56. The van der Waals surface area contributed by atoms with Gasteiger partial charge in [0.05, 0.1) is 0 Å². The molecule has 0 amide bonds. The molecule has 0 unspecified atom stereocenters. The summed E-state index contributed by atoms with van der Waals surface area (Å²) in [6.07, 6.45) is 2.35. The van der Waals surface area contributed by atoms with Gasteiger partial charge in [0, 0.05) is 16.3 Å². The fraction of sp³-hybridized carbons (Fsp3) is 0.286. The van der Waals surface area contributed by atoms with E-state index in [4.69, 9.17) is 5.73 Å². The summed E-state index contributed by atoms with van der Waals surface area (Å²) in [7, 11) is 0. The Balaban J connectivity index is 2.28. The molecular formula is C14H17NS. The third-order valence-electron chi connectivity index (χ3n) is 2.61. The lowest BCUT2D eigenvalue weighted by atomic mass is 10.1. The van der Waals surface area contributed by atoms with Gasteiger partial charge < -0.3 is 5.73 Å². The van der Waals surface area contributed by atoms with Crippen LogP contribution in [0.25, 0.3) is 10.4 Å². The summed E-state index contributed by atoms with van der Waals surface area (Å²) in [6, 6.07) is 13.1. The van der Waals surface area contributed by atoms with E-state index in [0.717, 1.165) is 6.42 Å². The molecule has 0 atom stereocenters. The molecule has 0 saturated heterocycles. The first-order chi connectivity index (χ1) is 7.83. The maximum Gasteiger partial charge on any atom is 0.0346 e. The Morgan fingerprint density at radius 1 is 1.19 bits per heavy atom. The summed E-state index contributed by atoms with van der Waals surface area (Å²) < 4.78 is 0. The van der Waals surface area contributed by atoms with Gasteiger partial charge in [0.2, 0.25) is 0 Å². The molecule has 2 N–H and O–H groups in total. The van der Waals surface area contributed by atoms with Crippen molar-refractivity contribution in [3.8, 4) is 10.4 Å². The zero-order chi connectivity index (χ0) is 11.4. The van der Waals surface area contributed by atoms with Crippen LogP contribution in [0, 0.1) is 0 Å². The maximum absolute atomic E-state index is 5.63. The lowest BCUT2D eigenvalue weighted by Crippen LogP contribution is -1.91. The highest BCUT2D eigenvalue weighted by molar-refractivity contribution is 7.15. The SMILES string of the molecule is CCCc1cccc(-c2ccc(CN)s2)c1. The zero-order valence-corrected chi connectivity index (χ0v) is 10.4. The van der Waals surface area contributed by atoms with E-state index in [1.54, 1.807) is 11.3 Å². The van der Waals surface area contributed by atoms with Gasteiger partial charge in [0.1, 0.15) is 0 Å². The van der Waals surface area contributed by atoms with Crippen LogP contribution in [0.1, 0.15) is 23.8 Å². The summed E-state index contributed by atoms with van der Waals surface area (Å²) in [5.74, 6) is 0. The topological polar surface area (TPSA) is 26.0 Å². The molecule has 0 fully saturated rings. The molecule has 84 valence electrons.